The van der Waals surface area contributed by atoms with Crippen LogP contribution in [0, 0.1) is 0 Å². The second-order valence-electron chi connectivity index (χ2n) is 4.60. The van der Waals surface area contributed by atoms with E-state index in [4.69, 9.17) is 9.47 Å². The summed E-state index contributed by atoms with van der Waals surface area (Å²) in [6.07, 6.45) is 1.43. The Bertz CT molecular complexity index is 526. The highest BCUT2D eigenvalue weighted by Gasteiger charge is 2.07. The van der Waals surface area contributed by atoms with Crippen molar-refractivity contribution in [3.05, 3.63) is 36.0 Å². The van der Waals surface area contributed by atoms with Crippen molar-refractivity contribution in [3.8, 4) is 11.5 Å². The van der Waals surface area contributed by atoms with Crippen molar-refractivity contribution in [1.82, 2.24) is 15.5 Å². The van der Waals surface area contributed by atoms with Crippen molar-refractivity contribution in [2.75, 3.05) is 7.11 Å². The molecule has 1 N–H and O–H groups in total. The highest BCUT2D eigenvalue weighted by atomic mass is 16.5. The molecule has 2 rings (SSSR count). The molecule has 2 aromatic rings. The van der Waals surface area contributed by atoms with Crippen molar-refractivity contribution in [1.29, 1.82) is 0 Å². The number of hydrogen-bond acceptors (Lipinski definition) is 6. The van der Waals surface area contributed by atoms with Crippen molar-refractivity contribution in [3.63, 3.8) is 0 Å². The zero-order chi connectivity index (χ0) is 14.4. The summed E-state index contributed by atoms with van der Waals surface area (Å²) in [5.41, 5.74) is 1.10. The Hall–Kier alpha value is -2.08. The van der Waals surface area contributed by atoms with Crippen LogP contribution in [0.25, 0.3) is 0 Å². The molecule has 20 heavy (non-hydrogen) atoms. The van der Waals surface area contributed by atoms with Gasteiger partial charge < -0.3 is 19.3 Å². The Balaban J connectivity index is 1.94. The quantitative estimate of drug-likeness (QED) is 0.836. The molecule has 0 aliphatic carbocycles. The van der Waals surface area contributed by atoms with Crippen molar-refractivity contribution in [2.45, 2.75) is 33.0 Å². The van der Waals surface area contributed by atoms with Gasteiger partial charge in [0.2, 0.25) is 6.39 Å². The summed E-state index contributed by atoms with van der Waals surface area (Å²) < 4.78 is 15.7. The van der Waals surface area contributed by atoms with Crippen LogP contribution in [0.15, 0.2) is 29.1 Å². The number of nitrogens with zero attached hydrogens (tertiary/aromatic N) is 2. The van der Waals surface area contributed by atoms with Gasteiger partial charge in [0.05, 0.1) is 19.8 Å². The normalized spacial score (nSPS) is 10.8. The molecule has 0 bridgehead atoms. The molecule has 0 aliphatic rings. The van der Waals surface area contributed by atoms with Crippen LogP contribution in [0.4, 0.5) is 0 Å². The molecule has 0 unspecified atom stereocenters. The number of aromatic nitrogens is 2. The lowest BCUT2D eigenvalue weighted by Crippen LogP contribution is -2.14. The van der Waals surface area contributed by atoms with E-state index in [9.17, 15) is 0 Å². The van der Waals surface area contributed by atoms with E-state index in [0.717, 1.165) is 17.1 Å². The molecular weight excluding hydrogens is 258 g/mol. The SMILES string of the molecule is COc1cc(CNCc2ncon2)ccc1OC(C)C. The molecule has 108 valence electrons. The summed E-state index contributed by atoms with van der Waals surface area (Å²) in [4.78, 5) is 3.94. The van der Waals surface area contributed by atoms with E-state index in [1.54, 1.807) is 7.11 Å². The average Bonchev–Trinajstić information content (AvgIpc) is 2.93. The number of rotatable bonds is 7. The molecule has 0 atom stereocenters. The highest BCUT2D eigenvalue weighted by molar-refractivity contribution is 5.43. The fraction of sp³-hybridized carbons (Fsp3) is 0.429. The minimum atomic E-state index is 0.117. The minimum absolute atomic E-state index is 0.117. The first-order valence-corrected chi connectivity index (χ1v) is 6.48. The van der Waals surface area contributed by atoms with Crippen molar-refractivity contribution < 1.29 is 14.0 Å². The Morgan fingerprint density at radius 3 is 2.75 bits per heavy atom. The van der Waals surface area contributed by atoms with Gasteiger partial charge in [-0.1, -0.05) is 11.2 Å². The molecule has 6 nitrogen and oxygen atoms in total. The molecule has 0 aliphatic heterocycles. The van der Waals surface area contributed by atoms with Crippen LogP contribution < -0.4 is 14.8 Å². The van der Waals surface area contributed by atoms with Crippen LogP contribution >= 0.6 is 0 Å². The summed E-state index contributed by atoms with van der Waals surface area (Å²) in [6, 6.07) is 5.88. The van der Waals surface area contributed by atoms with Gasteiger partial charge in [-0.05, 0) is 31.5 Å². The van der Waals surface area contributed by atoms with Gasteiger partial charge in [0.1, 0.15) is 0 Å². The zero-order valence-corrected chi connectivity index (χ0v) is 11.9. The summed E-state index contributed by atoms with van der Waals surface area (Å²) in [7, 11) is 1.64. The third kappa shape index (κ3) is 3.96. The highest BCUT2D eigenvalue weighted by Crippen LogP contribution is 2.28. The maximum atomic E-state index is 5.68. The van der Waals surface area contributed by atoms with Gasteiger partial charge in [0, 0.05) is 6.54 Å². The lowest BCUT2D eigenvalue weighted by molar-refractivity contribution is 0.230. The second kappa shape index (κ2) is 6.91. The van der Waals surface area contributed by atoms with E-state index in [-0.39, 0.29) is 6.10 Å². The van der Waals surface area contributed by atoms with Gasteiger partial charge in [-0.3, -0.25) is 0 Å². The van der Waals surface area contributed by atoms with Crippen LogP contribution in [-0.4, -0.2) is 23.4 Å². The monoisotopic (exact) mass is 277 g/mol. The molecular formula is C14H19N3O3. The fourth-order valence-electron chi connectivity index (χ4n) is 1.76. The molecule has 1 aromatic heterocycles. The topological polar surface area (TPSA) is 69.4 Å². The van der Waals surface area contributed by atoms with Crippen molar-refractivity contribution in [2.24, 2.45) is 0 Å². The Labute approximate surface area is 118 Å². The summed E-state index contributed by atoms with van der Waals surface area (Å²) in [6.45, 7) is 5.22. The number of benzene rings is 1. The summed E-state index contributed by atoms with van der Waals surface area (Å²) in [5, 5.41) is 6.97. The molecule has 1 heterocycles. The third-order valence-corrected chi connectivity index (χ3v) is 2.61. The molecule has 1 aromatic carbocycles. The summed E-state index contributed by atoms with van der Waals surface area (Å²) >= 11 is 0. The average molecular weight is 277 g/mol. The van der Waals surface area contributed by atoms with Crippen LogP contribution in [0.3, 0.4) is 0 Å². The first-order chi connectivity index (χ1) is 9.69. The van der Waals surface area contributed by atoms with E-state index < -0.39 is 0 Å². The number of hydrogen-bond donors (Lipinski definition) is 1. The molecule has 0 spiro atoms. The van der Waals surface area contributed by atoms with E-state index >= 15 is 0 Å². The molecule has 0 radical (unpaired) electrons. The third-order valence-electron chi connectivity index (χ3n) is 2.61. The molecule has 0 fully saturated rings. The smallest absolute Gasteiger partial charge is 0.213 e. The van der Waals surface area contributed by atoms with Crippen molar-refractivity contribution >= 4 is 0 Å². The molecule has 0 amide bonds. The van der Waals surface area contributed by atoms with E-state index in [1.165, 1.54) is 6.39 Å². The van der Waals surface area contributed by atoms with E-state index in [0.29, 0.717) is 18.9 Å². The maximum Gasteiger partial charge on any atom is 0.213 e. The molecule has 0 saturated carbocycles. The fourth-order valence-corrected chi connectivity index (χ4v) is 1.76. The van der Waals surface area contributed by atoms with Gasteiger partial charge in [0.15, 0.2) is 17.3 Å². The maximum absolute atomic E-state index is 5.68. The van der Waals surface area contributed by atoms with Gasteiger partial charge in [-0.15, -0.1) is 0 Å². The van der Waals surface area contributed by atoms with Gasteiger partial charge in [-0.2, -0.15) is 4.98 Å². The van der Waals surface area contributed by atoms with Crippen LogP contribution in [0.5, 0.6) is 11.5 Å². The molecule has 6 heteroatoms. The molecule has 0 saturated heterocycles. The second-order valence-corrected chi connectivity index (χ2v) is 4.60. The van der Waals surface area contributed by atoms with E-state index in [2.05, 4.69) is 20.0 Å². The predicted octanol–water partition coefficient (Wildman–Crippen LogP) is 2.16. The first-order valence-electron chi connectivity index (χ1n) is 6.48. The van der Waals surface area contributed by atoms with Crippen LogP contribution in [0.1, 0.15) is 25.2 Å². The first kappa shape index (κ1) is 14.3. The van der Waals surface area contributed by atoms with Gasteiger partial charge in [0.25, 0.3) is 0 Å². The summed E-state index contributed by atoms with van der Waals surface area (Å²) in [5.74, 6) is 2.12. The standard InChI is InChI=1S/C14H19N3O3/c1-10(2)20-12-5-4-11(6-13(12)18-3)7-15-8-14-16-9-19-17-14/h4-6,9-10,15H,7-8H2,1-3H3. The number of ether oxygens (including phenoxy) is 2. The Morgan fingerprint density at radius 1 is 1.25 bits per heavy atom. The lowest BCUT2D eigenvalue weighted by atomic mass is 10.2. The Kier molecular flexibility index (Phi) is 4.95. The van der Waals surface area contributed by atoms with Gasteiger partial charge in [-0.25, -0.2) is 0 Å². The van der Waals surface area contributed by atoms with Gasteiger partial charge >= 0.3 is 0 Å². The minimum Gasteiger partial charge on any atom is -0.493 e. The predicted molar refractivity (Wildman–Crippen MR) is 73.6 cm³/mol. The lowest BCUT2D eigenvalue weighted by Gasteiger charge is -2.14. The van der Waals surface area contributed by atoms with E-state index in [1.807, 2.05) is 32.0 Å². The Morgan fingerprint density at radius 2 is 2.10 bits per heavy atom. The number of nitrogens with one attached hydrogen (secondary N) is 1. The van der Waals surface area contributed by atoms with Crippen LogP contribution in [0.2, 0.25) is 0 Å². The number of methoxy groups -OCH3 is 1. The largest absolute Gasteiger partial charge is 0.493 e. The zero-order valence-electron chi connectivity index (χ0n) is 11.9. The van der Waals surface area contributed by atoms with Crippen LogP contribution in [-0.2, 0) is 13.1 Å².